The smallest absolute Gasteiger partial charge is 0.269 e. The molecule has 1 aliphatic heterocycles. The zero-order valence-corrected chi connectivity index (χ0v) is 24.5. The van der Waals surface area contributed by atoms with Gasteiger partial charge in [0.2, 0.25) is 5.43 Å². The molecule has 2 atom stereocenters. The Bertz CT molecular complexity index is 1730. The number of aliphatic hydroxyl groups excluding tert-OH is 1. The number of halogens is 2. The lowest BCUT2D eigenvalue weighted by Crippen LogP contribution is -2.45. The van der Waals surface area contributed by atoms with E-state index in [9.17, 15) is 30.0 Å². The number of anilines is 1. The van der Waals surface area contributed by atoms with E-state index in [1.807, 2.05) is 0 Å². The minimum Gasteiger partial charge on any atom is -0.506 e. The van der Waals surface area contributed by atoms with Crippen molar-refractivity contribution in [2.24, 2.45) is 5.16 Å². The number of nitrogens with two attached hydrogens (primary N) is 1. The van der Waals surface area contributed by atoms with Crippen molar-refractivity contribution in [2.45, 2.75) is 31.0 Å². The van der Waals surface area contributed by atoms with E-state index in [-0.39, 0.29) is 52.5 Å². The number of nitrogens with zero attached hydrogens (tertiary/aromatic N) is 2. The molecule has 41 heavy (non-hydrogen) atoms. The highest BCUT2D eigenvalue weighted by molar-refractivity contribution is 9.12. The Morgan fingerprint density at radius 1 is 1.32 bits per heavy atom. The molecule has 1 spiro atoms. The number of amides is 1. The summed E-state index contributed by atoms with van der Waals surface area (Å²) in [4.78, 5) is 40.4. The predicted molar refractivity (Wildman–Crippen MR) is 155 cm³/mol. The number of imidazole rings is 1. The molecule has 0 saturated heterocycles. The van der Waals surface area contributed by atoms with Crippen LogP contribution in [0.3, 0.4) is 0 Å². The van der Waals surface area contributed by atoms with E-state index in [0.717, 1.165) is 6.20 Å². The SMILES string of the molecule is COC1=C(Br)C(O)C2(C=C1Br)CC(C(=O)NCCCc1[nH]c(N)nc1-c1cc(O)c3[nH]cc(O)c(=O)c3c1O)=NO2. The number of phenolic OH excluding ortho intramolecular Hbond substituents is 2. The highest BCUT2D eigenvalue weighted by Gasteiger charge is 2.50. The zero-order valence-electron chi connectivity index (χ0n) is 21.3. The summed E-state index contributed by atoms with van der Waals surface area (Å²) in [7, 11) is 1.46. The number of aromatic nitrogens is 3. The standard InChI is InChI=1S/C25H24Br2N6O8/c1-40-21-10(26)6-25(22(38)16(21)27)7-12(33-41-25)23(39)29-4-2-3-11-17(32-24(28)31-11)9-5-13(34)18-15(19(9)36)20(37)14(35)8-30-18/h5-6,8,22,34-36,38H,2-4,7H2,1H3,(H,29,39)(H,30,37)(H3,28,31,32). The number of carbonyl (C=O) groups is 1. The molecule has 9 N–H and O–H groups in total. The maximum atomic E-state index is 12.8. The van der Waals surface area contributed by atoms with Crippen LogP contribution in [0.15, 0.2) is 43.0 Å². The molecule has 0 bridgehead atoms. The van der Waals surface area contributed by atoms with Gasteiger partial charge in [0.1, 0.15) is 29.1 Å². The van der Waals surface area contributed by atoms with Gasteiger partial charge in [0.25, 0.3) is 5.91 Å². The number of ether oxygens (including phenoxy) is 1. The first-order chi connectivity index (χ1) is 19.5. The topological polar surface area (TPSA) is 228 Å². The molecule has 0 fully saturated rings. The number of fused-ring (bicyclic) bond motifs is 1. The number of carbonyl (C=O) groups excluding carboxylic acids is 1. The van der Waals surface area contributed by atoms with Crippen molar-refractivity contribution >= 4 is 60.3 Å². The molecule has 0 saturated carbocycles. The number of aryl methyl sites for hydroxylation is 1. The quantitative estimate of drug-likeness (QED) is 0.133. The van der Waals surface area contributed by atoms with E-state index in [0.29, 0.717) is 33.3 Å². The third-order valence-corrected chi connectivity index (χ3v) is 8.16. The first-order valence-corrected chi connectivity index (χ1v) is 13.7. The van der Waals surface area contributed by atoms with Gasteiger partial charge in [0.05, 0.1) is 32.7 Å². The summed E-state index contributed by atoms with van der Waals surface area (Å²) in [6, 6.07) is 1.23. The second kappa shape index (κ2) is 10.8. The largest absolute Gasteiger partial charge is 0.506 e. The van der Waals surface area contributed by atoms with Crippen LogP contribution in [0.4, 0.5) is 5.95 Å². The predicted octanol–water partition coefficient (Wildman–Crippen LogP) is 2.09. The van der Waals surface area contributed by atoms with E-state index in [2.05, 4.69) is 57.3 Å². The molecule has 1 amide bonds. The van der Waals surface area contributed by atoms with E-state index in [1.54, 1.807) is 6.08 Å². The van der Waals surface area contributed by atoms with Crippen molar-refractivity contribution < 1.29 is 34.8 Å². The summed E-state index contributed by atoms with van der Waals surface area (Å²) in [5, 5.41) is 48.2. The summed E-state index contributed by atoms with van der Waals surface area (Å²) in [6.07, 6.45) is 2.20. The van der Waals surface area contributed by atoms with Crippen LogP contribution < -0.4 is 16.5 Å². The number of aromatic amines is 2. The van der Waals surface area contributed by atoms with Crippen molar-refractivity contribution in [1.29, 1.82) is 0 Å². The molecular formula is C25H24Br2N6O8. The van der Waals surface area contributed by atoms with Gasteiger partial charge in [-0.05, 0) is 56.8 Å². The second-order valence-electron chi connectivity index (χ2n) is 9.39. The van der Waals surface area contributed by atoms with E-state index in [1.165, 1.54) is 13.2 Å². The number of hydrogen-bond acceptors (Lipinski definition) is 11. The van der Waals surface area contributed by atoms with Crippen molar-refractivity contribution in [3.63, 3.8) is 0 Å². The Kier molecular flexibility index (Phi) is 7.48. The number of methoxy groups -OCH3 is 1. The average Bonchev–Trinajstić information content (AvgIpc) is 3.53. The molecule has 2 aliphatic rings. The number of rotatable bonds is 7. The fourth-order valence-electron chi connectivity index (χ4n) is 4.76. The Hall–Kier alpha value is -4.02. The number of hydrogen-bond donors (Lipinski definition) is 8. The molecule has 1 aromatic carbocycles. The lowest BCUT2D eigenvalue weighted by atomic mass is 9.87. The number of aromatic hydroxyl groups is 3. The summed E-state index contributed by atoms with van der Waals surface area (Å²) in [5.41, 5.74) is 4.47. The van der Waals surface area contributed by atoms with Crippen LogP contribution in [0.1, 0.15) is 18.5 Å². The van der Waals surface area contributed by atoms with Crippen LogP contribution in [0, 0.1) is 0 Å². The lowest BCUT2D eigenvalue weighted by molar-refractivity contribution is -0.114. The normalized spacial score (nSPS) is 20.2. The number of pyridine rings is 1. The van der Waals surface area contributed by atoms with Crippen LogP contribution in [0.5, 0.6) is 17.2 Å². The maximum Gasteiger partial charge on any atom is 0.269 e. The highest BCUT2D eigenvalue weighted by Crippen LogP contribution is 2.44. The minimum atomic E-state index is -1.28. The zero-order chi connectivity index (χ0) is 29.6. The van der Waals surface area contributed by atoms with Crippen LogP contribution in [0.25, 0.3) is 22.2 Å². The van der Waals surface area contributed by atoms with Gasteiger partial charge in [-0.1, -0.05) is 5.16 Å². The fourth-order valence-corrected chi connectivity index (χ4v) is 6.55. The number of aliphatic hydroxyl groups is 1. The van der Waals surface area contributed by atoms with Gasteiger partial charge in [-0.15, -0.1) is 0 Å². The van der Waals surface area contributed by atoms with Crippen molar-refractivity contribution in [3.8, 4) is 28.5 Å². The Morgan fingerprint density at radius 2 is 2.07 bits per heavy atom. The average molecular weight is 696 g/mol. The third-order valence-electron chi connectivity index (χ3n) is 6.78. The van der Waals surface area contributed by atoms with Gasteiger partial charge >= 0.3 is 0 Å². The first-order valence-electron chi connectivity index (χ1n) is 12.1. The van der Waals surface area contributed by atoms with Crippen molar-refractivity contribution in [1.82, 2.24) is 20.3 Å². The molecule has 2 aromatic heterocycles. The van der Waals surface area contributed by atoms with Gasteiger partial charge in [0, 0.05) is 30.4 Å². The third kappa shape index (κ3) is 4.91. The summed E-state index contributed by atoms with van der Waals surface area (Å²) in [5.74, 6) is -1.50. The van der Waals surface area contributed by atoms with Crippen LogP contribution in [-0.2, 0) is 20.8 Å². The summed E-state index contributed by atoms with van der Waals surface area (Å²) < 4.78 is 6.16. The summed E-state index contributed by atoms with van der Waals surface area (Å²) in [6.45, 7) is 0.214. The molecule has 0 radical (unpaired) electrons. The molecular weight excluding hydrogens is 672 g/mol. The first kappa shape index (κ1) is 28.5. The van der Waals surface area contributed by atoms with E-state index in [4.69, 9.17) is 15.3 Å². The van der Waals surface area contributed by atoms with Crippen LogP contribution >= 0.6 is 31.9 Å². The number of H-pyrrole nitrogens is 2. The second-order valence-corrected chi connectivity index (χ2v) is 11.1. The fraction of sp³-hybridized carbons (Fsp3) is 0.280. The Morgan fingerprint density at radius 3 is 2.80 bits per heavy atom. The van der Waals surface area contributed by atoms with Gasteiger partial charge < -0.3 is 51.0 Å². The minimum absolute atomic E-state index is 0.0157. The molecule has 1 aliphatic carbocycles. The van der Waals surface area contributed by atoms with Crippen molar-refractivity contribution in [3.05, 3.63) is 49.0 Å². The maximum absolute atomic E-state index is 12.8. The highest BCUT2D eigenvalue weighted by atomic mass is 79.9. The number of nitrogen functional groups attached to an aromatic ring is 1. The molecule has 5 rings (SSSR count). The van der Waals surface area contributed by atoms with Gasteiger partial charge in [0.15, 0.2) is 17.3 Å². The number of allylic oxidation sites excluding steroid dienone is 1. The monoisotopic (exact) mass is 694 g/mol. The molecule has 14 nitrogen and oxygen atoms in total. The molecule has 2 unspecified atom stereocenters. The van der Waals surface area contributed by atoms with Gasteiger partial charge in [-0.3, -0.25) is 9.59 Å². The number of benzene rings is 1. The Balaban J connectivity index is 1.26. The van der Waals surface area contributed by atoms with Crippen molar-refractivity contribution in [2.75, 3.05) is 19.4 Å². The summed E-state index contributed by atoms with van der Waals surface area (Å²) >= 11 is 6.70. The lowest BCUT2D eigenvalue weighted by Gasteiger charge is -2.33. The van der Waals surface area contributed by atoms with Crippen LogP contribution in [-0.4, -0.2) is 72.4 Å². The molecule has 16 heteroatoms. The molecule has 3 aromatic rings. The number of nitrogens with one attached hydrogen (secondary N) is 3. The number of oxime groups is 1. The van der Waals surface area contributed by atoms with Crippen LogP contribution in [0.2, 0.25) is 0 Å². The van der Waals surface area contributed by atoms with E-state index >= 15 is 0 Å². The van der Waals surface area contributed by atoms with E-state index < -0.39 is 34.5 Å². The van der Waals surface area contributed by atoms with Gasteiger partial charge in [-0.25, -0.2) is 4.98 Å². The number of phenols is 2. The Labute approximate surface area is 247 Å². The molecule has 3 heterocycles. The van der Waals surface area contributed by atoms with Gasteiger partial charge in [-0.2, -0.15) is 0 Å². The molecule has 216 valence electrons.